The van der Waals surface area contributed by atoms with E-state index in [2.05, 4.69) is 0 Å². The number of aryl methyl sites for hydroxylation is 1. The fourth-order valence-electron chi connectivity index (χ4n) is 1.95. The molecule has 0 radical (unpaired) electrons. The first-order valence-corrected chi connectivity index (χ1v) is 5.49. The van der Waals surface area contributed by atoms with Crippen molar-refractivity contribution in [1.29, 1.82) is 0 Å². The molecule has 0 saturated heterocycles. The molecule has 0 spiro atoms. The number of carboxylic acid groups (broad SMARTS) is 1. The first-order chi connectivity index (χ1) is 8.31. The van der Waals surface area contributed by atoms with Gasteiger partial charge >= 0.3 is 5.97 Å². The molecule has 5 nitrogen and oxygen atoms in total. The van der Waals surface area contributed by atoms with E-state index in [0.29, 0.717) is 17.1 Å². The highest BCUT2D eigenvalue weighted by Crippen LogP contribution is 2.36. The van der Waals surface area contributed by atoms with E-state index in [0.717, 1.165) is 5.56 Å². The summed E-state index contributed by atoms with van der Waals surface area (Å²) in [5.74, 6) is -0.0529. The molecule has 18 heavy (non-hydrogen) atoms. The fraction of sp³-hybridized carbons (Fsp3) is 0.462. The van der Waals surface area contributed by atoms with Crippen LogP contribution in [0.3, 0.4) is 0 Å². The Balaban J connectivity index is 3.28. The fourth-order valence-corrected chi connectivity index (χ4v) is 1.95. The number of carboxylic acids is 1. The average Bonchev–Trinajstić information content (AvgIpc) is 2.26. The Morgan fingerprint density at radius 3 is 2.22 bits per heavy atom. The highest BCUT2D eigenvalue weighted by atomic mass is 16.5. The van der Waals surface area contributed by atoms with Gasteiger partial charge in [-0.05, 0) is 37.1 Å². The van der Waals surface area contributed by atoms with Crippen LogP contribution in [0.25, 0.3) is 0 Å². The molecule has 0 bridgehead atoms. The lowest BCUT2D eigenvalue weighted by Gasteiger charge is -2.25. The lowest BCUT2D eigenvalue weighted by Crippen LogP contribution is -2.26. The van der Waals surface area contributed by atoms with Gasteiger partial charge in [0.05, 0.1) is 26.2 Å². The first-order valence-electron chi connectivity index (χ1n) is 5.49. The summed E-state index contributed by atoms with van der Waals surface area (Å²) in [5.41, 5.74) is -0.184. The minimum atomic E-state index is -1.45. The molecule has 100 valence electrons. The van der Waals surface area contributed by atoms with Crippen molar-refractivity contribution < 1.29 is 24.5 Å². The van der Waals surface area contributed by atoms with Gasteiger partial charge in [0.2, 0.25) is 0 Å². The Morgan fingerprint density at radius 1 is 1.28 bits per heavy atom. The Bertz CT molecular complexity index is 451. The van der Waals surface area contributed by atoms with Gasteiger partial charge in [-0.2, -0.15) is 0 Å². The number of aliphatic carboxylic acids is 1. The largest absolute Gasteiger partial charge is 0.493 e. The zero-order chi connectivity index (χ0) is 13.9. The van der Waals surface area contributed by atoms with E-state index in [1.807, 2.05) is 0 Å². The topological polar surface area (TPSA) is 76.0 Å². The molecule has 1 atom stereocenters. The molecule has 1 rings (SSSR count). The van der Waals surface area contributed by atoms with Gasteiger partial charge in [0.25, 0.3) is 0 Å². The summed E-state index contributed by atoms with van der Waals surface area (Å²) in [6.45, 7) is 3.25. The molecule has 2 N–H and O–H groups in total. The highest BCUT2D eigenvalue weighted by molar-refractivity contribution is 5.69. The molecule has 0 heterocycles. The molecule has 5 heteroatoms. The maximum absolute atomic E-state index is 10.8. The third-order valence-corrected chi connectivity index (χ3v) is 2.81. The average molecular weight is 254 g/mol. The van der Waals surface area contributed by atoms with Crippen molar-refractivity contribution in [2.75, 3.05) is 14.2 Å². The van der Waals surface area contributed by atoms with E-state index in [1.54, 1.807) is 19.1 Å². The van der Waals surface area contributed by atoms with Crippen LogP contribution < -0.4 is 9.47 Å². The third-order valence-electron chi connectivity index (χ3n) is 2.81. The van der Waals surface area contributed by atoms with E-state index in [1.165, 1.54) is 21.1 Å². The summed E-state index contributed by atoms with van der Waals surface area (Å²) >= 11 is 0. The van der Waals surface area contributed by atoms with Crippen LogP contribution >= 0.6 is 0 Å². The van der Waals surface area contributed by atoms with Gasteiger partial charge in [-0.1, -0.05) is 0 Å². The van der Waals surface area contributed by atoms with Crippen molar-refractivity contribution in [2.24, 2.45) is 0 Å². The van der Waals surface area contributed by atoms with Crippen molar-refractivity contribution in [1.82, 2.24) is 0 Å². The lowest BCUT2D eigenvalue weighted by molar-refractivity contribution is -0.142. The molecule has 0 saturated carbocycles. The van der Waals surface area contributed by atoms with E-state index < -0.39 is 11.6 Å². The van der Waals surface area contributed by atoms with Crippen molar-refractivity contribution >= 4 is 5.97 Å². The molecule has 0 aliphatic rings. The van der Waals surface area contributed by atoms with E-state index in [9.17, 15) is 9.90 Å². The van der Waals surface area contributed by atoms with Crippen LogP contribution in [-0.4, -0.2) is 30.4 Å². The van der Waals surface area contributed by atoms with Crippen LogP contribution in [0.5, 0.6) is 11.5 Å². The predicted octanol–water partition coefficient (Wildman–Crippen LogP) is 1.69. The molecule has 0 aliphatic heterocycles. The molecular weight excluding hydrogens is 236 g/mol. The summed E-state index contributed by atoms with van der Waals surface area (Å²) < 4.78 is 10.3. The first kappa shape index (κ1) is 14.3. The second kappa shape index (κ2) is 5.27. The van der Waals surface area contributed by atoms with Crippen molar-refractivity contribution in [3.05, 3.63) is 23.3 Å². The summed E-state index contributed by atoms with van der Waals surface area (Å²) in [6, 6.07) is 3.32. The van der Waals surface area contributed by atoms with Crippen molar-refractivity contribution in [2.45, 2.75) is 25.9 Å². The van der Waals surface area contributed by atoms with Gasteiger partial charge < -0.3 is 19.7 Å². The third kappa shape index (κ3) is 2.92. The Labute approximate surface area is 106 Å². The Hall–Kier alpha value is -1.75. The van der Waals surface area contributed by atoms with Crippen LogP contribution in [0.1, 0.15) is 24.5 Å². The van der Waals surface area contributed by atoms with Crippen molar-refractivity contribution in [3.8, 4) is 11.5 Å². The quantitative estimate of drug-likeness (QED) is 0.836. The van der Waals surface area contributed by atoms with Gasteiger partial charge in [-0.15, -0.1) is 0 Å². The standard InChI is InChI=1S/C13H18O5/c1-8-5-10(17-3)11(18-4)6-9(8)13(2,16)7-12(14)15/h5-6,16H,7H2,1-4H3,(H,14,15). The number of ether oxygens (including phenoxy) is 2. The van der Waals surface area contributed by atoms with Crippen LogP contribution in [0.4, 0.5) is 0 Å². The number of aliphatic hydroxyl groups is 1. The van der Waals surface area contributed by atoms with Crippen LogP contribution in [0.2, 0.25) is 0 Å². The molecule has 0 amide bonds. The maximum atomic E-state index is 10.8. The number of rotatable bonds is 5. The number of hydrogen-bond acceptors (Lipinski definition) is 4. The molecule has 0 aliphatic carbocycles. The van der Waals surface area contributed by atoms with Gasteiger partial charge in [-0.25, -0.2) is 0 Å². The summed E-state index contributed by atoms with van der Waals surface area (Å²) in [7, 11) is 3.01. The highest BCUT2D eigenvalue weighted by Gasteiger charge is 2.29. The Kier molecular flexibility index (Phi) is 4.19. The van der Waals surface area contributed by atoms with E-state index in [4.69, 9.17) is 14.6 Å². The van der Waals surface area contributed by atoms with Gasteiger partial charge in [0, 0.05) is 0 Å². The minimum absolute atomic E-state index is 0.372. The Morgan fingerprint density at radius 2 is 1.78 bits per heavy atom. The number of hydrogen-bond donors (Lipinski definition) is 2. The van der Waals surface area contributed by atoms with Gasteiger partial charge in [0.1, 0.15) is 0 Å². The second-order valence-corrected chi connectivity index (χ2v) is 4.37. The second-order valence-electron chi connectivity index (χ2n) is 4.37. The van der Waals surface area contributed by atoms with Crippen LogP contribution in [-0.2, 0) is 10.4 Å². The maximum Gasteiger partial charge on any atom is 0.306 e. The number of carbonyl (C=O) groups is 1. The van der Waals surface area contributed by atoms with Crippen molar-refractivity contribution in [3.63, 3.8) is 0 Å². The lowest BCUT2D eigenvalue weighted by atomic mass is 9.89. The van der Waals surface area contributed by atoms with Crippen LogP contribution in [0.15, 0.2) is 12.1 Å². The monoisotopic (exact) mass is 254 g/mol. The minimum Gasteiger partial charge on any atom is -0.493 e. The van der Waals surface area contributed by atoms with Gasteiger partial charge in [0.15, 0.2) is 11.5 Å². The van der Waals surface area contributed by atoms with E-state index in [-0.39, 0.29) is 6.42 Å². The van der Waals surface area contributed by atoms with Crippen LogP contribution in [0, 0.1) is 6.92 Å². The summed E-state index contributed by atoms with van der Waals surface area (Å²) in [6.07, 6.45) is -0.372. The molecule has 0 aromatic heterocycles. The number of benzene rings is 1. The zero-order valence-corrected chi connectivity index (χ0v) is 11.0. The number of methoxy groups -OCH3 is 2. The molecular formula is C13H18O5. The zero-order valence-electron chi connectivity index (χ0n) is 11.0. The summed E-state index contributed by atoms with van der Waals surface area (Å²) in [5, 5.41) is 19.1. The van der Waals surface area contributed by atoms with E-state index >= 15 is 0 Å². The summed E-state index contributed by atoms with van der Waals surface area (Å²) in [4.78, 5) is 10.8. The SMILES string of the molecule is COc1cc(C)c(C(C)(O)CC(=O)O)cc1OC. The molecule has 1 aromatic rings. The smallest absolute Gasteiger partial charge is 0.306 e. The predicted molar refractivity (Wildman–Crippen MR) is 66.1 cm³/mol. The molecule has 1 unspecified atom stereocenters. The normalized spacial score (nSPS) is 13.8. The molecule has 0 fully saturated rings. The molecule has 1 aromatic carbocycles. The van der Waals surface area contributed by atoms with Gasteiger partial charge in [-0.3, -0.25) is 4.79 Å².